The fourth-order valence-corrected chi connectivity index (χ4v) is 4.43. The van der Waals surface area contributed by atoms with Gasteiger partial charge < -0.3 is 9.80 Å². The molecule has 1 aliphatic rings. The second-order valence-electron chi connectivity index (χ2n) is 8.37. The van der Waals surface area contributed by atoms with Crippen molar-refractivity contribution in [1.29, 1.82) is 0 Å². The molecule has 0 saturated carbocycles. The van der Waals surface area contributed by atoms with Gasteiger partial charge in [0.1, 0.15) is 13.1 Å². The Morgan fingerprint density at radius 1 is 1.07 bits per heavy atom. The molecular formula is C21H28N6O3. The first-order chi connectivity index (χ1) is 14.3. The van der Waals surface area contributed by atoms with E-state index in [1.165, 1.54) is 9.30 Å². The molecule has 160 valence electrons. The quantitative estimate of drug-likeness (QED) is 0.647. The fraction of sp³-hybridized carbons (Fsp3) is 0.524. The summed E-state index contributed by atoms with van der Waals surface area (Å²) in [6, 6.07) is 7.82. The number of fused-ring (bicyclic) bond motifs is 3. The zero-order valence-electron chi connectivity index (χ0n) is 17.9. The van der Waals surface area contributed by atoms with Crippen LogP contribution in [0.3, 0.4) is 0 Å². The summed E-state index contributed by atoms with van der Waals surface area (Å²) in [4.78, 5) is 41.7. The summed E-state index contributed by atoms with van der Waals surface area (Å²) in [6.07, 6.45) is 3.12. The predicted octanol–water partition coefficient (Wildman–Crippen LogP) is 1.33. The van der Waals surface area contributed by atoms with Crippen molar-refractivity contribution in [2.45, 2.75) is 58.3 Å². The largest absolute Gasteiger partial charge is 0.352 e. The van der Waals surface area contributed by atoms with Crippen molar-refractivity contribution >= 4 is 28.6 Å². The highest BCUT2D eigenvalue weighted by molar-refractivity contribution is 5.85. The van der Waals surface area contributed by atoms with E-state index < -0.39 is 0 Å². The maximum atomic E-state index is 13.3. The van der Waals surface area contributed by atoms with Crippen molar-refractivity contribution < 1.29 is 9.59 Å². The minimum Gasteiger partial charge on any atom is -0.347 e. The fourth-order valence-electron chi connectivity index (χ4n) is 4.43. The molecule has 0 aliphatic carbocycles. The molecule has 0 bridgehead atoms. The van der Waals surface area contributed by atoms with Crippen LogP contribution < -0.4 is 5.69 Å². The molecule has 3 heterocycles. The molecule has 0 N–H and O–H groups in total. The molecule has 2 aromatic heterocycles. The van der Waals surface area contributed by atoms with E-state index in [2.05, 4.69) is 18.9 Å². The predicted molar refractivity (Wildman–Crippen MR) is 113 cm³/mol. The van der Waals surface area contributed by atoms with Crippen molar-refractivity contribution in [3.8, 4) is 0 Å². The van der Waals surface area contributed by atoms with Gasteiger partial charge >= 0.3 is 5.69 Å². The van der Waals surface area contributed by atoms with Crippen LogP contribution in [0.1, 0.15) is 33.1 Å². The average molecular weight is 412 g/mol. The van der Waals surface area contributed by atoms with Gasteiger partial charge in [-0.2, -0.15) is 0 Å². The van der Waals surface area contributed by atoms with Crippen LogP contribution in [0.15, 0.2) is 29.1 Å². The first-order valence-electron chi connectivity index (χ1n) is 10.4. The van der Waals surface area contributed by atoms with Crippen LogP contribution in [0.2, 0.25) is 0 Å². The summed E-state index contributed by atoms with van der Waals surface area (Å²) < 4.78 is 4.43. The Morgan fingerprint density at radius 2 is 1.70 bits per heavy atom. The highest BCUT2D eigenvalue weighted by Gasteiger charge is 2.30. The lowest BCUT2D eigenvalue weighted by molar-refractivity contribution is -0.137. The normalized spacial score (nSPS) is 19.5. The van der Waals surface area contributed by atoms with Crippen molar-refractivity contribution in [2.75, 3.05) is 14.1 Å². The summed E-state index contributed by atoms with van der Waals surface area (Å²) in [6.45, 7) is 4.13. The van der Waals surface area contributed by atoms with Gasteiger partial charge in [0.15, 0.2) is 0 Å². The second-order valence-corrected chi connectivity index (χ2v) is 8.37. The molecular weight excluding hydrogens is 384 g/mol. The van der Waals surface area contributed by atoms with E-state index in [0.717, 1.165) is 29.5 Å². The molecule has 0 spiro atoms. The number of aromatic nitrogens is 4. The van der Waals surface area contributed by atoms with Gasteiger partial charge in [-0.15, -0.1) is 5.10 Å². The second kappa shape index (κ2) is 7.62. The molecule has 0 radical (unpaired) electrons. The van der Waals surface area contributed by atoms with E-state index >= 15 is 0 Å². The molecule has 3 aromatic rings. The van der Waals surface area contributed by atoms with Crippen molar-refractivity contribution in [3.05, 3.63) is 34.7 Å². The minimum atomic E-state index is -0.387. The molecule has 4 rings (SSSR count). The number of likely N-dealkylation sites (tertiary alicyclic amines) is 1. The van der Waals surface area contributed by atoms with Crippen LogP contribution in [0.25, 0.3) is 16.8 Å². The average Bonchev–Trinajstić information content (AvgIpc) is 3.17. The number of likely N-dealkylation sites (N-methyl/N-ethyl adjacent to an activating group) is 1. The monoisotopic (exact) mass is 412 g/mol. The van der Waals surface area contributed by atoms with E-state index in [-0.39, 0.29) is 42.7 Å². The van der Waals surface area contributed by atoms with E-state index in [1.54, 1.807) is 18.7 Å². The third-order valence-corrected chi connectivity index (χ3v) is 6.04. The zero-order valence-corrected chi connectivity index (χ0v) is 17.9. The van der Waals surface area contributed by atoms with Crippen LogP contribution in [-0.4, -0.2) is 66.5 Å². The van der Waals surface area contributed by atoms with Gasteiger partial charge in [0.25, 0.3) is 0 Å². The van der Waals surface area contributed by atoms with Gasteiger partial charge in [-0.25, -0.2) is 13.9 Å². The van der Waals surface area contributed by atoms with Crippen LogP contribution >= 0.6 is 0 Å². The maximum Gasteiger partial charge on any atom is 0.352 e. The Hall–Kier alpha value is -3.10. The van der Waals surface area contributed by atoms with Crippen LogP contribution in [-0.2, 0) is 22.7 Å². The summed E-state index contributed by atoms with van der Waals surface area (Å²) in [5.74, 6) is 0.170. The number of amides is 2. The maximum absolute atomic E-state index is 13.3. The van der Waals surface area contributed by atoms with Crippen molar-refractivity contribution in [2.24, 2.45) is 0 Å². The Labute approximate surface area is 174 Å². The van der Waals surface area contributed by atoms with Crippen LogP contribution in [0.5, 0.6) is 0 Å². The first-order valence-corrected chi connectivity index (χ1v) is 10.4. The Bertz CT molecular complexity index is 1160. The zero-order chi connectivity index (χ0) is 21.6. The molecule has 30 heavy (non-hydrogen) atoms. The van der Waals surface area contributed by atoms with Gasteiger partial charge in [0.05, 0.1) is 11.0 Å². The Balaban J connectivity index is 1.79. The van der Waals surface area contributed by atoms with E-state index in [1.807, 2.05) is 29.2 Å². The molecule has 1 aromatic carbocycles. The SMILES string of the molecule is C[C@@H]1CCC[C@H](C)N1C(=O)Cn1c2ccccc2n2c(=O)n(CC(=O)N(C)C)nc12. The summed E-state index contributed by atoms with van der Waals surface area (Å²) in [7, 11) is 3.27. The van der Waals surface area contributed by atoms with Crippen LogP contribution in [0.4, 0.5) is 0 Å². The summed E-state index contributed by atoms with van der Waals surface area (Å²) >= 11 is 0. The van der Waals surface area contributed by atoms with Gasteiger partial charge in [-0.05, 0) is 45.2 Å². The summed E-state index contributed by atoms with van der Waals surface area (Å²) in [5, 5.41) is 4.42. The number of para-hydroxylation sites is 2. The third-order valence-electron chi connectivity index (χ3n) is 6.04. The van der Waals surface area contributed by atoms with Crippen LogP contribution in [0, 0.1) is 0 Å². The highest BCUT2D eigenvalue weighted by atomic mass is 16.2. The Kier molecular flexibility index (Phi) is 5.13. The molecule has 0 unspecified atom stereocenters. The van der Waals surface area contributed by atoms with Gasteiger partial charge in [-0.3, -0.25) is 14.2 Å². The standard InChI is InChI=1S/C21H28N6O3/c1-14-8-7-9-15(2)26(14)19(29)12-24-16-10-5-6-11-17(16)27-20(24)22-25(21(27)30)13-18(28)23(3)4/h5-6,10-11,14-15H,7-9,12-13H2,1-4H3/t14-,15+. The molecule has 9 nitrogen and oxygen atoms in total. The molecule has 1 aliphatic heterocycles. The molecule has 1 fully saturated rings. The smallest absolute Gasteiger partial charge is 0.347 e. The van der Waals surface area contributed by atoms with Crippen molar-refractivity contribution in [3.63, 3.8) is 0 Å². The highest BCUT2D eigenvalue weighted by Crippen LogP contribution is 2.24. The first kappa shape index (κ1) is 20.2. The lowest BCUT2D eigenvalue weighted by Gasteiger charge is -2.39. The number of rotatable bonds is 4. The van der Waals surface area contributed by atoms with Gasteiger partial charge in [0, 0.05) is 26.2 Å². The van der Waals surface area contributed by atoms with E-state index in [9.17, 15) is 14.4 Å². The summed E-state index contributed by atoms with van der Waals surface area (Å²) in [5.41, 5.74) is 1.06. The number of carbonyl (C=O) groups is 2. The topological polar surface area (TPSA) is 84.8 Å². The number of carbonyl (C=O) groups excluding carboxylic acids is 2. The number of imidazole rings is 1. The number of nitrogens with zero attached hydrogens (tertiary/aromatic N) is 6. The number of hydrogen-bond donors (Lipinski definition) is 0. The van der Waals surface area contributed by atoms with E-state index in [0.29, 0.717) is 11.3 Å². The lowest BCUT2D eigenvalue weighted by atomic mass is 9.97. The molecule has 2 atom stereocenters. The molecule has 9 heteroatoms. The lowest BCUT2D eigenvalue weighted by Crippen LogP contribution is -2.48. The van der Waals surface area contributed by atoms with Gasteiger partial charge in [0.2, 0.25) is 17.6 Å². The Morgan fingerprint density at radius 3 is 2.33 bits per heavy atom. The molecule has 1 saturated heterocycles. The number of piperidine rings is 1. The molecule has 2 amide bonds. The van der Waals surface area contributed by atoms with E-state index in [4.69, 9.17) is 0 Å². The third kappa shape index (κ3) is 3.28. The van der Waals surface area contributed by atoms with Crippen molar-refractivity contribution in [1.82, 2.24) is 28.5 Å². The van der Waals surface area contributed by atoms with Gasteiger partial charge in [-0.1, -0.05) is 12.1 Å². The number of benzene rings is 1. The number of hydrogen-bond acceptors (Lipinski definition) is 4. The minimum absolute atomic E-state index is 0.0179.